The summed E-state index contributed by atoms with van der Waals surface area (Å²) in [6.07, 6.45) is 32.6. The minimum Gasteiger partial charge on any atom is -0.508 e. The van der Waals surface area contributed by atoms with Crippen molar-refractivity contribution >= 4 is 72.3 Å². The highest BCUT2D eigenvalue weighted by Gasteiger charge is 2.46. The van der Waals surface area contributed by atoms with Gasteiger partial charge in [0, 0.05) is 0 Å². The molecule has 0 atom stereocenters. The van der Waals surface area contributed by atoms with Gasteiger partial charge in [-0.25, -0.2) is 33.2 Å². The van der Waals surface area contributed by atoms with Crippen molar-refractivity contribution < 1.29 is 102 Å². The second kappa shape index (κ2) is 47.0. The number of esters is 6. The number of carbonyl (C=O) groups excluding carboxylic acids is 6. The second-order valence-electron chi connectivity index (χ2n) is 35.7. The number of phenolic OH excluding ortho intramolecular Hbond substituents is 7. The van der Waals surface area contributed by atoms with Gasteiger partial charge in [0.1, 0.15) is 119 Å². The number of carbonyl (C=O) groups is 6. The van der Waals surface area contributed by atoms with Gasteiger partial charge in [-0.15, -0.1) is 0 Å². The molecule has 6 aliphatic carbocycles. The number of benzene rings is 11. The molecule has 0 amide bonds. The first-order chi connectivity index (χ1) is 66.9. The lowest BCUT2D eigenvalue weighted by molar-refractivity contribution is -0.0195. The maximum absolute atomic E-state index is 13.2. The Morgan fingerprint density at radius 3 is 0.727 bits per heavy atom. The molecule has 0 aromatic heterocycles. The van der Waals surface area contributed by atoms with Gasteiger partial charge >= 0.3 is 35.8 Å². The van der Waals surface area contributed by atoms with Crippen molar-refractivity contribution in [1.29, 1.82) is 0 Å². The van der Waals surface area contributed by atoms with E-state index >= 15 is 0 Å². The molecule has 17 rings (SSSR count). The van der Waals surface area contributed by atoms with E-state index in [-0.39, 0.29) is 79.4 Å². The van der Waals surface area contributed by atoms with E-state index in [1.165, 1.54) is 54.1 Å². The maximum atomic E-state index is 13.2. The molecule has 21 heteroatoms. The Labute approximate surface area is 812 Å². The first-order valence-electron chi connectivity index (χ1n) is 47.0. The molecule has 6 aliphatic rings. The molecule has 20 nitrogen and oxygen atoms in total. The third-order valence-electron chi connectivity index (χ3n) is 26.7. The largest absolute Gasteiger partial charge is 0.508 e. The lowest BCUT2D eigenvalue weighted by atomic mass is 9.91. The van der Waals surface area contributed by atoms with E-state index < -0.39 is 69.4 Å². The van der Waals surface area contributed by atoms with Crippen LogP contribution in [0, 0.1) is 12.7 Å². The molecule has 0 heterocycles. The zero-order chi connectivity index (χ0) is 99.5. The number of aryl methyl sites for hydroxylation is 1. The van der Waals surface area contributed by atoms with Crippen LogP contribution in [-0.2, 0) is 56.4 Å². The quantitative estimate of drug-likeness (QED) is 0.0159. The fraction of sp³-hybridized carbons (Fsp3) is 0.271. The maximum Gasteiger partial charge on any atom is 0.342 e. The highest BCUT2D eigenvalue weighted by atomic mass is 19.1. The van der Waals surface area contributed by atoms with Crippen LogP contribution in [-0.4, -0.2) is 84.3 Å². The molecule has 720 valence electrons. The van der Waals surface area contributed by atoms with Gasteiger partial charge in [0.25, 0.3) is 0 Å². The summed E-state index contributed by atoms with van der Waals surface area (Å²) in [7, 11) is 1.62. The number of hydrogen-bond donors (Lipinski definition) is 7. The zero-order valence-electron chi connectivity index (χ0n) is 78.8. The molecule has 0 aliphatic heterocycles. The fourth-order valence-corrected chi connectivity index (χ4v) is 18.8. The molecule has 6 fully saturated rings. The lowest BCUT2D eigenvalue weighted by Crippen LogP contribution is -2.29. The Bertz CT molecular complexity index is 5900. The van der Waals surface area contributed by atoms with E-state index in [4.69, 9.17) is 33.2 Å². The smallest absolute Gasteiger partial charge is 0.342 e. The van der Waals surface area contributed by atoms with Crippen LogP contribution >= 0.6 is 0 Å². The Balaban J connectivity index is 0.000000150. The third-order valence-corrected chi connectivity index (χ3v) is 26.7. The zero-order valence-corrected chi connectivity index (χ0v) is 78.8. The second-order valence-corrected chi connectivity index (χ2v) is 35.7. The number of aromatic hydroxyl groups is 7. The Morgan fingerprint density at radius 2 is 0.489 bits per heavy atom. The minimum atomic E-state index is -0.762. The van der Waals surface area contributed by atoms with E-state index in [1.807, 2.05) is 85.8 Å². The number of ether oxygens (including phenoxy) is 7. The SMILES string of the molecule is C=Cc1ccc(O)c(C(=O)OC2(C=C)CCCC2)c1.C=Cc1ccc(O)c(C(=O)OC2(c3ccc(C)cc3)CCCC2)c1.C=Cc1ccc(O)c(C(=O)OC2(c3ccc(F)cc3)CCCC2)c1.C=Cc1ccc(O)c(C(=O)OC2(c3ccc(O)cc3)CCCC2)c1.C=Cc1ccc(O)c(C(=O)OC2(c3ccc(OC)cc3)CCCC2)c1.C=Cc1ccc(O)c(C(=O)OC2(c3ccccc3)CCCC2)c1. The van der Waals surface area contributed by atoms with E-state index in [9.17, 15) is 68.9 Å². The van der Waals surface area contributed by atoms with Gasteiger partial charge in [0.2, 0.25) is 0 Å². The summed E-state index contributed by atoms with van der Waals surface area (Å²) in [5.41, 5.74) is 7.44. The van der Waals surface area contributed by atoms with Crippen molar-refractivity contribution in [2.24, 2.45) is 0 Å². The normalized spacial score (nSPS) is 16.0. The summed E-state index contributed by atoms with van der Waals surface area (Å²) in [4.78, 5) is 75.6. The van der Waals surface area contributed by atoms with Crippen molar-refractivity contribution in [2.45, 2.75) is 195 Å². The first kappa shape index (κ1) is 103. The average Bonchev–Trinajstić information content (AvgIpc) is 1.67. The van der Waals surface area contributed by atoms with E-state index in [2.05, 4.69) is 46.1 Å². The van der Waals surface area contributed by atoms with Crippen LogP contribution in [0.1, 0.15) is 283 Å². The summed E-state index contributed by atoms with van der Waals surface area (Å²) in [5.74, 6) is -3.05. The van der Waals surface area contributed by atoms with E-state index in [0.717, 1.165) is 208 Å². The summed E-state index contributed by atoms with van der Waals surface area (Å²) >= 11 is 0. The molecule has 11 aromatic carbocycles. The van der Waals surface area contributed by atoms with Gasteiger partial charge in [0.15, 0.2) is 0 Å². The molecule has 6 saturated carbocycles. The van der Waals surface area contributed by atoms with Crippen molar-refractivity contribution in [1.82, 2.24) is 0 Å². The molecule has 0 unspecified atom stereocenters. The van der Waals surface area contributed by atoms with Crippen LogP contribution in [0.5, 0.6) is 46.0 Å². The minimum absolute atomic E-state index is 0.0670. The Hall–Kier alpha value is -15.3. The first-order valence-corrected chi connectivity index (χ1v) is 47.0. The molecule has 0 bridgehead atoms. The molecule has 139 heavy (non-hydrogen) atoms. The lowest BCUT2D eigenvalue weighted by Gasteiger charge is -2.30. The summed E-state index contributed by atoms with van der Waals surface area (Å²) < 4.78 is 53.5. The molecule has 0 radical (unpaired) electrons. The molecule has 7 N–H and O–H groups in total. The standard InChI is InChI=1S/C21H22O4.C21H22O3.C20H19FO3.C20H20O4.C20H20O3.C16H18O3/c1-3-15-6-11-19(22)18(14-15)20(23)25-21(12-4-5-13-21)16-7-9-17(24-2)10-8-16;1-3-16-8-11-19(22)18(14-16)20(23)24-21(12-4-5-13-21)17-9-6-15(2)7-10-17;2*1-2-14-5-10-18(22)17(13-14)19(23)24-20(11-3-4-12-20)15-6-8-16(21)9-7-15;1-2-15-10-11-18(21)17(14-15)19(22)23-20(12-6-7-13-20)16-8-4-3-5-9-16;1-3-12-7-8-14(17)13(11-12)15(18)19-16(4-2)9-5-6-10-16/h3,6-11,14,22H,1,4-5,12-13H2,2H3;3,6-11,14,22H,1,4-5,12-13H2,2H3;2,5-10,13,22H,1,3-4,11-12H2;2,5-10,13,21-22H,1,3-4,11-12H2;2-5,8-11,14,21H,1,6-7,12-13H2;3-4,7-8,11,17H,1-2,5-6,9-10H2. The van der Waals surface area contributed by atoms with Crippen molar-refractivity contribution in [3.8, 4) is 46.0 Å². The van der Waals surface area contributed by atoms with Crippen LogP contribution < -0.4 is 4.74 Å². The van der Waals surface area contributed by atoms with E-state index in [1.54, 1.807) is 159 Å². The average molecular weight is 1880 g/mol. The monoisotopic (exact) mass is 1880 g/mol. The van der Waals surface area contributed by atoms with Crippen molar-refractivity contribution in [3.63, 3.8) is 0 Å². The van der Waals surface area contributed by atoms with Crippen molar-refractivity contribution in [2.75, 3.05) is 7.11 Å². The van der Waals surface area contributed by atoms with E-state index in [0.29, 0.717) is 12.8 Å². The third kappa shape index (κ3) is 25.3. The Kier molecular flexibility index (Phi) is 34.7. The molecular formula is C118H121FO20. The van der Waals surface area contributed by atoms with Crippen LogP contribution in [0.2, 0.25) is 0 Å². The molecule has 0 spiro atoms. The number of rotatable bonds is 25. The van der Waals surface area contributed by atoms with Crippen LogP contribution in [0.4, 0.5) is 4.39 Å². The Morgan fingerprint density at radius 1 is 0.273 bits per heavy atom. The molecule has 0 saturated heterocycles. The topological polar surface area (TPSA) is 309 Å². The summed E-state index contributed by atoms with van der Waals surface area (Å²) in [6, 6.07) is 67.1. The number of halogens is 1. The predicted octanol–water partition coefficient (Wildman–Crippen LogP) is 27.2. The summed E-state index contributed by atoms with van der Waals surface area (Å²) in [5, 5.41) is 69.3. The van der Waals surface area contributed by atoms with Gasteiger partial charge in [-0.05, 0) is 337 Å². The predicted molar refractivity (Wildman–Crippen MR) is 539 cm³/mol. The number of hydrogen-bond acceptors (Lipinski definition) is 20. The van der Waals surface area contributed by atoms with Crippen LogP contribution in [0.15, 0.2) is 289 Å². The highest BCUT2D eigenvalue weighted by molar-refractivity contribution is 5.97. The fourth-order valence-electron chi connectivity index (χ4n) is 18.8. The van der Waals surface area contributed by atoms with Gasteiger partial charge < -0.3 is 68.9 Å². The van der Waals surface area contributed by atoms with Gasteiger partial charge in [-0.1, -0.05) is 215 Å². The van der Waals surface area contributed by atoms with Gasteiger partial charge in [0.05, 0.1) is 7.11 Å². The van der Waals surface area contributed by atoms with Crippen LogP contribution in [0.3, 0.4) is 0 Å². The number of phenols is 7. The van der Waals surface area contributed by atoms with Crippen LogP contribution in [0.25, 0.3) is 36.5 Å². The van der Waals surface area contributed by atoms with Crippen molar-refractivity contribution in [3.05, 3.63) is 395 Å². The number of methoxy groups -OCH3 is 1. The molecule has 11 aromatic rings. The highest BCUT2D eigenvalue weighted by Crippen LogP contribution is 2.50. The van der Waals surface area contributed by atoms with Gasteiger partial charge in [-0.2, -0.15) is 0 Å². The molecular weight excluding hydrogens is 1760 g/mol. The van der Waals surface area contributed by atoms with Gasteiger partial charge in [-0.3, -0.25) is 0 Å². The summed E-state index contributed by atoms with van der Waals surface area (Å²) in [6.45, 7) is 27.9.